The molecule has 2 aromatic rings. The van der Waals surface area contributed by atoms with E-state index in [0.29, 0.717) is 29.4 Å². The summed E-state index contributed by atoms with van der Waals surface area (Å²) in [5.41, 5.74) is 0.507. The van der Waals surface area contributed by atoms with Crippen molar-refractivity contribution in [1.29, 1.82) is 5.26 Å². The number of hydrogen-bond donors (Lipinski definition) is 0. The average molecular weight is 253 g/mol. The lowest BCUT2D eigenvalue weighted by Gasteiger charge is -2.12. The van der Waals surface area contributed by atoms with Crippen molar-refractivity contribution in [2.24, 2.45) is 0 Å². The maximum Gasteiger partial charge on any atom is 0.169 e. The average Bonchev–Trinajstić information content (AvgIpc) is 2.47. The molecule has 0 amide bonds. The van der Waals surface area contributed by atoms with Crippen LogP contribution in [0.5, 0.6) is 17.2 Å². The first kappa shape index (κ1) is 13.0. The fraction of sp³-hybridized carbons (Fsp3) is 0.188. The fourth-order valence-electron chi connectivity index (χ4n) is 1.63. The summed E-state index contributed by atoms with van der Waals surface area (Å²) >= 11 is 0. The summed E-state index contributed by atoms with van der Waals surface area (Å²) < 4.78 is 11.4. The lowest BCUT2D eigenvalue weighted by molar-refractivity contribution is 0.302. The first-order chi connectivity index (χ1) is 9.35. The van der Waals surface area contributed by atoms with Crippen LogP contribution in [0.15, 0.2) is 48.5 Å². The minimum Gasteiger partial charge on any atom is -0.490 e. The zero-order valence-electron chi connectivity index (χ0n) is 10.8. The molecule has 2 aromatic carbocycles. The molecule has 96 valence electrons. The molecule has 0 radical (unpaired) electrons. The summed E-state index contributed by atoms with van der Waals surface area (Å²) in [5, 5.41) is 9.05. The highest BCUT2D eigenvalue weighted by Gasteiger charge is 2.08. The molecule has 3 heteroatoms. The molecule has 0 spiro atoms. The van der Waals surface area contributed by atoms with Gasteiger partial charge in [0.15, 0.2) is 11.5 Å². The number of para-hydroxylation sites is 3. The Balaban J connectivity index is 2.26. The van der Waals surface area contributed by atoms with Gasteiger partial charge in [-0.15, -0.1) is 0 Å². The zero-order valence-corrected chi connectivity index (χ0v) is 10.8. The number of nitriles is 1. The molecule has 0 saturated heterocycles. The summed E-state index contributed by atoms with van der Waals surface area (Å²) in [6.45, 7) is 2.69. The van der Waals surface area contributed by atoms with Gasteiger partial charge in [0, 0.05) is 0 Å². The highest BCUT2D eigenvalue weighted by Crippen LogP contribution is 2.32. The number of hydrogen-bond acceptors (Lipinski definition) is 3. The number of nitrogens with zero attached hydrogens (tertiary/aromatic N) is 1. The van der Waals surface area contributed by atoms with E-state index in [9.17, 15) is 0 Å². The Bertz CT molecular complexity index is 587. The fourth-order valence-corrected chi connectivity index (χ4v) is 1.63. The molecule has 0 bridgehead atoms. The van der Waals surface area contributed by atoms with E-state index >= 15 is 0 Å². The Morgan fingerprint density at radius 1 is 0.947 bits per heavy atom. The minimum atomic E-state index is 0.507. The van der Waals surface area contributed by atoms with Gasteiger partial charge < -0.3 is 9.47 Å². The van der Waals surface area contributed by atoms with Crippen molar-refractivity contribution in [2.45, 2.75) is 13.3 Å². The van der Waals surface area contributed by atoms with Crippen molar-refractivity contribution >= 4 is 0 Å². The van der Waals surface area contributed by atoms with Gasteiger partial charge >= 0.3 is 0 Å². The van der Waals surface area contributed by atoms with Crippen molar-refractivity contribution in [3.8, 4) is 23.3 Å². The maximum absolute atomic E-state index is 9.05. The summed E-state index contributed by atoms with van der Waals surface area (Å²) in [6.07, 6.45) is 0.934. The van der Waals surface area contributed by atoms with Crippen molar-refractivity contribution < 1.29 is 9.47 Å². The third kappa shape index (κ3) is 3.26. The van der Waals surface area contributed by atoms with Gasteiger partial charge in [-0.2, -0.15) is 5.26 Å². The van der Waals surface area contributed by atoms with Crippen molar-refractivity contribution in [3.05, 3.63) is 54.1 Å². The molecule has 19 heavy (non-hydrogen) atoms. The molecular formula is C16H15NO2. The zero-order chi connectivity index (χ0) is 13.5. The Morgan fingerprint density at radius 3 is 2.26 bits per heavy atom. The summed E-state index contributed by atoms with van der Waals surface area (Å²) in [5.74, 6) is 1.85. The molecule has 0 N–H and O–H groups in total. The van der Waals surface area contributed by atoms with Gasteiger partial charge in [0.05, 0.1) is 12.2 Å². The molecule has 0 saturated carbocycles. The van der Waals surface area contributed by atoms with Gasteiger partial charge in [0.1, 0.15) is 11.8 Å². The molecule has 0 aliphatic heterocycles. The van der Waals surface area contributed by atoms with Gasteiger partial charge in [0.2, 0.25) is 0 Å². The van der Waals surface area contributed by atoms with Crippen molar-refractivity contribution in [2.75, 3.05) is 6.61 Å². The predicted octanol–water partition coefficient (Wildman–Crippen LogP) is 4.14. The molecule has 3 nitrogen and oxygen atoms in total. The van der Waals surface area contributed by atoms with E-state index in [0.717, 1.165) is 6.42 Å². The first-order valence-corrected chi connectivity index (χ1v) is 6.24. The minimum absolute atomic E-state index is 0.507. The first-order valence-electron chi connectivity index (χ1n) is 6.24. The number of benzene rings is 2. The van der Waals surface area contributed by atoms with Crippen LogP contribution in [-0.2, 0) is 0 Å². The topological polar surface area (TPSA) is 42.2 Å². The predicted molar refractivity (Wildman–Crippen MR) is 73.5 cm³/mol. The monoisotopic (exact) mass is 253 g/mol. The van der Waals surface area contributed by atoms with Crippen molar-refractivity contribution in [1.82, 2.24) is 0 Å². The molecule has 0 fully saturated rings. The van der Waals surface area contributed by atoms with E-state index < -0.39 is 0 Å². The second kappa shape index (κ2) is 6.46. The van der Waals surface area contributed by atoms with Crippen molar-refractivity contribution in [3.63, 3.8) is 0 Å². The van der Waals surface area contributed by atoms with E-state index in [1.165, 1.54) is 0 Å². The van der Waals surface area contributed by atoms with Crippen LogP contribution in [0.2, 0.25) is 0 Å². The van der Waals surface area contributed by atoms with Crippen LogP contribution >= 0.6 is 0 Å². The van der Waals surface area contributed by atoms with E-state index in [4.69, 9.17) is 14.7 Å². The van der Waals surface area contributed by atoms with Gasteiger partial charge in [0.25, 0.3) is 0 Å². The van der Waals surface area contributed by atoms with E-state index in [1.807, 2.05) is 36.4 Å². The van der Waals surface area contributed by atoms with Crippen LogP contribution in [0.25, 0.3) is 0 Å². The SMILES string of the molecule is CCCOc1ccccc1Oc1ccccc1C#N. The van der Waals surface area contributed by atoms with Gasteiger partial charge in [-0.1, -0.05) is 31.2 Å². The van der Waals surface area contributed by atoms with Crippen LogP contribution in [0.3, 0.4) is 0 Å². The molecular weight excluding hydrogens is 238 g/mol. The Labute approximate surface area is 113 Å². The molecule has 0 aromatic heterocycles. The third-order valence-electron chi connectivity index (χ3n) is 2.54. The molecule has 0 heterocycles. The van der Waals surface area contributed by atoms with Gasteiger partial charge in [-0.05, 0) is 30.7 Å². The Kier molecular flexibility index (Phi) is 4.41. The van der Waals surface area contributed by atoms with Gasteiger partial charge in [-0.3, -0.25) is 0 Å². The summed E-state index contributed by atoms with van der Waals surface area (Å²) in [6, 6.07) is 16.7. The lowest BCUT2D eigenvalue weighted by Crippen LogP contribution is -1.97. The Morgan fingerprint density at radius 2 is 1.58 bits per heavy atom. The van der Waals surface area contributed by atoms with Crippen LogP contribution in [0.1, 0.15) is 18.9 Å². The van der Waals surface area contributed by atoms with Crippen LogP contribution < -0.4 is 9.47 Å². The normalized spacial score (nSPS) is 9.68. The highest BCUT2D eigenvalue weighted by atomic mass is 16.5. The van der Waals surface area contributed by atoms with Crippen LogP contribution in [0.4, 0.5) is 0 Å². The lowest BCUT2D eigenvalue weighted by atomic mass is 10.2. The third-order valence-corrected chi connectivity index (χ3v) is 2.54. The van der Waals surface area contributed by atoms with E-state index in [1.54, 1.807) is 12.1 Å². The van der Waals surface area contributed by atoms with E-state index in [-0.39, 0.29) is 0 Å². The van der Waals surface area contributed by atoms with Crippen LogP contribution in [-0.4, -0.2) is 6.61 Å². The molecule has 0 unspecified atom stereocenters. The molecule has 0 aliphatic rings. The molecule has 0 atom stereocenters. The smallest absolute Gasteiger partial charge is 0.169 e. The Hall–Kier alpha value is -2.47. The van der Waals surface area contributed by atoms with E-state index in [2.05, 4.69) is 13.0 Å². The summed E-state index contributed by atoms with van der Waals surface area (Å²) in [7, 11) is 0. The number of ether oxygens (including phenoxy) is 2. The highest BCUT2D eigenvalue weighted by molar-refractivity contribution is 5.48. The second-order valence-corrected chi connectivity index (χ2v) is 4.01. The van der Waals surface area contributed by atoms with Gasteiger partial charge in [-0.25, -0.2) is 0 Å². The van der Waals surface area contributed by atoms with Crippen LogP contribution in [0, 0.1) is 11.3 Å². The second-order valence-electron chi connectivity index (χ2n) is 4.01. The number of rotatable bonds is 5. The molecule has 0 aliphatic carbocycles. The summed E-state index contributed by atoms with van der Waals surface area (Å²) in [4.78, 5) is 0. The largest absolute Gasteiger partial charge is 0.490 e. The standard InChI is InChI=1S/C16H15NO2/c1-2-11-18-15-9-5-6-10-16(15)19-14-8-4-3-7-13(14)12-17/h3-10H,2,11H2,1H3. The quantitative estimate of drug-likeness (QED) is 0.804. The maximum atomic E-state index is 9.05. The molecule has 2 rings (SSSR count).